The predicted molar refractivity (Wildman–Crippen MR) is 60.9 cm³/mol. The SMILES string of the molecule is CCCC[C@H](NC1CC(C)(C)C1)C(=O)O. The first-order valence-corrected chi connectivity index (χ1v) is 5.93. The van der Waals surface area contributed by atoms with Crippen LogP contribution in [0.3, 0.4) is 0 Å². The first kappa shape index (κ1) is 12.5. The van der Waals surface area contributed by atoms with Gasteiger partial charge in [-0.05, 0) is 24.7 Å². The van der Waals surface area contributed by atoms with Crippen LogP contribution in [-0.4, -0.2) is 23.2 Å². The molecule has 2 N–H and O–H groups in total. The third-order valence-corrected chi connectivity index (χ3v) is 3.18. The molecular formula is C12H23NO2. The van der Waals surface area contributed by atoms with Gasteiger partial charge < -0.3 is 10.4 Å². The molecule has 0 unspecified atom stereocenters. The minimum atomic E-state index is -0.701. The lowest BCUT2D eigenvalue weighted by Gasteiger charge is -2.44. The zero-order valence-electron chi connectivity index (χ0n) is 10.0. The second kappa shape index (κ2) is 4.97. The zero-order valence-corrected chi connectivity index (χ0v) is 10.0. The van der Waals surface area contributed by atoms with Gasteiger partial charge in [-0.25, -0.2) is 0 Å². The van der Waals surface area contributed by atoms with Crippen molar-refractivity contribution in [1.82, 2.24) is 5.32 Å². The summed E-state index contributed by atoms with van der Waals surface area (Å²) >= 11 is 0. The third-order valence-electron chi connectivity index (χ3n) is 3.18. The Morgan fingerprint density at radius 2 is 2.13 bits per heavy atom. The molecule has 0 aliphatic heterocycles. The molecule has 1 atom stereocenters. The van der Waals surface area contributed by atoms with Crippen LogP contribution >= 0.6 is 0 Å². The van der Waals surface area contributed by atoms with E-state index in [9.17, 15) is 4.79 Å². The molecule has 15 heavy (non-hydrogen) atoms. The van der Waals surface area contributed by atoms with E-state index >= 15 is 0 Å². The summed E-state index contributed by atoms with van der Waals surface area (Å²) in [5, 5.41) is 12.3. The van der Waals surface area contributed by atoms with Crippen LogP contribution in [-0.2, 0) is 4.79 Å². The molecule has 0 aromatic carbocycles. The second-order valence-electron chi connectivity index (χ2n) is 5.47. The summed E-state index contributed by atoms with van der Waals surface area (Å²) in [6.45, 7) is 6.55. The van der Waals surface area contributed by atoms with Crippen LogP contribution in [0.15, 0.2) is 0 Å². The van der Waals surface area contributed by atoms with Gasteiger partial charge in [-0.15, -0.1) is 0 Å². The Bertz CT molecular complexity index is 218. The molecule has 0 aromatic rings. The van der Waals surface area contributed by atoms with Crippen LogP contribution in [0.1, 0.15) is 52.9 Å². The average molecular weight is 213 g/mol. The summed E-state index contributed by atoms with van der Waals surface area (Å²) in [7, 11) is 0. The van der Waals surface area contributed by atoms with Crippen LogP contribution in [0.4, 0.5) is 0 Å². The fraction of sp³-hybridized carbons (Fsp3) is 0.917. The molecule has 0 bridgehead atoms. The number of carboxylic acids is 1. The van der Waals surface area contributed by atoms with Gasteiger partial charge in [0.05, 0.1) is 0 Å². The molecule has 1 saturated carbocycles. The van der Waals surface area contributed by atoms with Crippen molar-refractivity contribution >= 4 is 5.97 Å². The number of rotatable bonds is 6. The molecule has 0 radical (unpaired) electrons. The molecule has 1 rings (SSSR count). The van der Waals surface area contributed by atoms with Crippen LogP contribution in [0.5, 0.6) is 0 Å². The lowest BCUT2D eigenvalue weighted by molar-refractivity contribution is -0.140. The van der Waals surface area contributed by atoms with E-state index in [1.54, 1.807) is 0 Å². The van der Waals surface area contributed by atoms with Crippen molar-refractivity contribution in [3.05, 3.63) is 0 Å². The maximum absolute atomic E-state index is 11.0. The molecule has 1 aliphatic rings. The van der Waals surface area contributed by atoms with Gasteiger partial charge in [-0.1, -0.05) is 33.6 Å². The number of aliphatic carboxylic acids is 1. The van der Waals surface area contributed by atoms with E-state index in [0.717, 1.165) is 32.1 Å². The van der Waals surface area contributed by atoms with Gasteiger partial charge in [-0.2, -0.15) is 0 Å². The van der Waals surface area contributed by atoms with E-state index in [1.807, 2.05) is 0 Å². The van der Waals surface area contributed by atoms with Gasteiger partial charge in [0, 0.05) is 6.04 Å². The highest BCUT2D eigenvalue weighted by atomic mass is 16.4. The number of unbranched alkanes of at least 4 members (excludes halogenated alkanes) is 1. The maximum atomic E-state index is 11.0. The summed E-state index contributed by atoms with van der Waals surface area (Å²) in [5.74, 6) is -0.701. The Labute approximate surface area is 92.3 Å². The van der Waals surface area contributed by atoms with E-state index in [2.05, 4.69) is 26.1 Å². The van der Waals surface area contributed by atoms with Gasteiger partial charge in [0.25, 0.3) is 0 Å². The van der Waals surface area contributed by atoms with Crippen molar-refractivity contribution in [2.45, 2.75) is 65.0 Å². The van der Waals surface area contributed by atoms with Crippen molar-refractivity contribution in [1.29, 1.82) is 0 Å². The Hall–Kier alpha value is -0.570. The summed E-state index contributed by atoms with van der Waals surface area (Å²) in [4.78, 5) is 11.0. The lowest BCUT2D eigenvalue weighted by atomic mass is 9.68. The highest BCUT2D eigenvalue weighted by Gasteiger charge is 2.37. The molecule has 3 nitrogen and oxygen atoms in total. The largest absolute Gasteiger partial charge is 0.480 e. The fourth-order valence-electron chi connectivity index (χ4n) is 2.36. The smallest absolute Gasteiger partial charge is 0.320 e. The zero-order chi connectivity index (χ0) is 11.5. The van der Waals surface area contributed by atoms with Crippen LogP contribution in [0.2, 0.25) is 0 Å². The van der Waals surface area contributed by atoms with E-state index in [4.69, 9.17) is 5.11 Å². The van der Waals surface area contributed by atoms with Crippen molar-refractivity contribution < 1.29 is 9.90 Å². The molecule has 0 amide bonds. The Kier molecular flexibility index (Phi) is 4.14. The first-order chi connectivity index (χ1) is 6.94. The molecule has 1 aliphatic carbocycles. The van der Waals surface area contributed by atoms with Crippen molar-refractivity contribution in [3.8, 4) is 0 Å². The Morgan fingerprint density at radius 1 is 1.53 bits per heavy atom. The molecule has 3 heteroatoms. The molecule has 0 heterocycles. The monoisotopic (exact) mass is 213 g/mol. The van der Waals surface area contributed by atoms with Crippen molar-refractivity contribution in [2.75, 3.05) is 0 Å². The van der Waals surface area contributed by atoms with Crippen molar-refractivity contribution in [2.24, 2.45) is 5.41 Å². The summed E-state index contributed by atoms with van der Waals surface area (Å²) in [6.07, 6.45) is 5.00. The molecule has 0 saturated heterocycles. The molecule has 88 valence electrons. The van der Waals surface area contributed by atoms with Gasteiger partial charge in [-0.3, -0.25) is 4.79 Å². The maximum Gasteiger partial charge on any atom is 0.320 e. The van der Waals surface area contributed by atoms with Crippen LogP contribution in [0.25, 0.3) is 0 Å². The third kappa shape index (κ3) is 3.82. The number of nitrogens with one attached hydrogen (secondary N) is 1. The van der Waals surface area contributed by atoms with Crippen molar-refractivity contribution in [3.63, 3.8) is 0 Å². The highest BCUT2D eigenvalue weighted by Crippen LogP contribution is 2.40. The summed E-state index contributed by atoms with van der Waals surface area (Å²) in [6, 6.07) is 0.0732. The second-order valence-corrected chi connectivity index (χ2v) is 5.47. The average Bonchev–Trinajstić information content (AvgIpc) is 2.08. The highest BCUT2D eigenvalue weighted by molar-refractivity contribution is 5.73. The van der Waals surface area contributed by atoms with E-state index < -0.39 is 5.97 Å². The Balaban J connectivity index is 2.30. The lowest BCUT2D eigenvalue weighted by Crippen LogP contribution is -2.52. The summed E-state index contributed by atoms with van der Waals surface area (Å²) in [5.41, 5.74) is 0.408. The predicted octanol–water partition coefficient (Wildman–Crippen LogP) is 2.41. The van der Waals surface area contributed by atoms with Gasteiger partial charge in [0.15, 0.2) is 0 Å². The van der Waals surface area contributed by atoms with E-state index in [1.165, 1.54) is 0 Å². The Morgan fingerprint density at radius 3 is 2.53 bits per heavy atom. The summed E-state index contributed by atoms with van der Waals surface area (Å²) < 4.78 is 0. The molecule has 1 fully saturated rings. The first-order valence-electron chi connectivity index (χ1n) is 5.93. The number of carboxylic acid groups (broad SMARTS) is 1. The molecule has 0 spiro atoms. The minimum Gasteiger partial charge on any atom is -0.480 e. The topological polar surface area (TPSA) is 49.3 Å². The number of hydrogen-bond donors (Lipinski definition) is 2. The van der Waals surface area contributed by atoms with Gasteiger partial charge in [0.1, 0.15) is 6.04 Å². The van der Waals surface area contributed by atoms with Gasteiger partial charge >= 0.3 is 5.97 Å². The normalized spacial score (nSPS) is 22.1. The standard InChI is InChI=1S/C12H23NO2/c1-4-5-6-10(11(14)15)13-9-7-12(2,3)8-9/h9-10,13H,4-8H2,1-3H3,(H,14,15)/t10-/m0/s1. The van der Waals surface area contributed by atoms with Crippen LogP contribution < -0.4 is 5.32 Å². The number of hydrogen-bond acceptors (Lipinski definition) is 2. The fourth-order valence-corrected chi connectivity index (χ4v) is 2.36. The van der Waals surface area contributed by atoms with Gasteiger partial charge in [0.2, 0.25) is 0 Å². The van der Waals surface area contributed by atoms with E-state index in [-0.39, 0.29) is 6.04 Å². The quantitative estimate of drug-likeness (QED) is 0.712. The minimum absolute atomic E-state index is 0.342. The van der Waals surface area contributed by atoms with Crippen LogP contribution in [0, 0.1) is 5.41 Å². The molecular weight excluding hydrogens is 190 g/mol. The molecule has 0 aromatic heterocycles. The van der Waals surface area contributed by atoms with E-state index in [0.29, 0.717) is 11.5 Å². The number of carbonyl (C=O) groups is 1.